The second kappa shape index (κ2) is 5.77. The van der Waals surface area contributed by atoms with Gasteiger partial charge in [0.1, 0.15) is 0 Å². The molecule has 2 rings (SSSR count). The molecule has 0 fully saturated rings. The smallest absolute Gasteiger partial charge is 0.358 e. The van der Waals surface area contributed by atoms with Crippen LogP contribution in [0, 0.1) is 0 Å². The van der Waals surface area contributed by atoms with Gasteiger partial charge in [0.05, 0.1) is 17.9 Å². The first-order chi connectivity index (χ1) is 8.70. The molecule has 0 bridgehead atoms. The van der Waals surface area contributed by atoms with Gasteiger partial charge in [-0.2, -0.15) is 0 Å². The quantitative estimate of drug-likeness (QED) is 0.778. The molecule has 2 aromatic heterocycles. The summed E-state index contributed by atoms with van der Waals surface area (Å²) >= 11 is 1.64. The summed E-state index contributed by atoms with van der Waals surface area (Å²) in [6.45, 7) is 4.99. The van der Waals surface area contributed by atoms with Crippen molar-refractivity contribution in [1.82, 2.24) is 14.5 Å². The van der Waals surface area contributed by atoms with Crippen LogP contribution in [-0.2, 0) is 11.3 Å². The minimum atomic E-state index is -0.377. The Morgan fingerprint density at radius 1 is 1.56 bits per heavy atom. The fourth-order valence-electron chi connectivity index (χ4n) is 1.64. The van der Waals surface area contributed by atoms with Crippen molar-refractivity contribution in [1.29, 1.82) is 0 Å². The molecule has 0 spiro atoms. The maximum atomic E-state index is 11.5. The molecule has 0 saturated carbocycles. The Balaban J connectivity index is 2.00. The van der Waals surface area contributed by atoms with Gasteiger partial charge in [0.15, 0.2) is 5.69 Å². The molecule has 1 atom stereocenters. The Morgan fingerprint density at radius 2 is 2.39 bits per heavy atom. The van der Waals surface area contributed by atoms with Crippen molar-refractivity contribution in [2.24, 2.45) is 0 Å². The van der Waals surface area contributed by atoms with E-state index in [4.69, 9.17) is 4.74 Å². The Kier molecular flexibility index (Phi) is 4.09. The van der Waals surface area contributed by atoms with E-state index in [0.717, 1.165) is 11.6 Å². The molecule has 0 amide bonds. The summed E-state index contributed by atoms with van der Waals surface area (Å²) in [6, 6.07) is 0. The van der Waals surface area contributed by atoms with E-state index in [1.165, 1.54) is 0 Å². The van der Waals surface area contributed by atoms with Gasteiger partial charge in [0.25, 0.3) is 0 Å². The lowest BCUT2D eigenvalue weighted by Gasteiger charge is -2.08. The van der Waals surface area contributed by atoms with Gasteiger partial charge in [-0.1, -0.05) is 6.92 Å². The van der Waals surface area contributed by atoms with Crippen molar-refractivity contribution in [3.8, 4) is 0 Å². The monoisotopic (exact) mass is 265 g/mol. The number of ether oxygens (including phenoxy) is 1. The second-order valence-electron chi connectivity index (χ2n) is 3.95. The van der Waals surface area contributed by atoms with Crippen LogP contribution in [0.25, 0.3) is 0 Å². The van der Waals surface area contributed by atoms with Crippen LogP contribution in [0.2, 0.25) is 0 Å². The Labute approximate surface area is 109 Å². The topological polar surface area (TPSA) is 57.0 Å². The number of carbonyl (C=O) groups is 1. The van der Waals surface area contributed by atoms with Crippen molar-refractivity contribution in [3.63, 3.8) is 0 Å². The molecule has 0 aliphatic heterocycles. The SMILES string of the molecule is CCOC(=O)c1cn(CC(C)c2nccs2)cn1. The number of rotatable bonds is 5. The van der Waals surface area contributed by atoms with Crippen LogP contribution in [0.4, 0.5) is 0 Å². The van der Waals surface area contributed by atoms with E-state index < -0.39 is 0 Å². The van der Waals surface area contributed by atoms with Crippen molar-refractivity contribution >= 4 is 17.3 Å². The molecule has 0 N–H and O–H groups in total. The van der Waals surface area contributed by atoms with Crippen LogP contribution in [0.15, 0.2) is 24.1 Å². The molecule has 2 heterocycles. The van der Waals surface area contributed by atoms with Gasteiger partial charge < -0.3 is 9.30 Å². The molecular weight excluding hydrogens is 250 g/mol. The third kappa shape index (κ3) is 2.95. The molecule has 0 aliphatic rings. The average molecular weight is 265 g/mol. The molecule has 0 saturated heterocycles. The average Bonchev–Trinajstić information content (AvgIpc) is 2.99. The standard InChI is InChI=1S/C12H15N3O2S/c1-3-17-12(16)10-7-15(8-14-10)6-9(2)11-13-4-5-18-11/h4-5,7-9H,3,6H2,1-2H3. The lowest BCUT2D eigenvalue weighted by atomic mass is 10.2. The molecule has 6 heteroatoms. The summed E-state index contributed by atoms with van der Waals surface area (Å²) in [5.74, 6) is -0.0765. The molecule has 1 unspecified atom stereocenters. The number of thiazole rings is 1. The van der Waals surface area contributed by atoms with Gasteiger partial charge >= 0.3 is 5.97 Å². The van der Waals surface area contributed by atoms with Gasteiger partial charge in [0, 0.05) is 30.2 Å². The van der Waals surface area contributed by atoms with Crippen LogP contribution in [0.5, 0.6) is 0 Å². The van der Waals surface area contributed by atoms with Crippen LogP contribution in [0.3, 0.4) is 0 Å². The number of carbonyl (C=O) groups excluding carboxylic acids is 1. The van der Waals surface area contributed by atoms with E-state index in [1.807, 2.05) is 9.95 Å². The maximum absolute atomic E-state index is 11.5. The zero-order valence-electron chi connectivity index (χ0n) is 10.4. The van der Waals surface area contributed by atoms with Gasteiger partial charge in [-0.15, -0.1) is 11.3 Å². The van der Waals surface area contributed by atoms with Gasteiger partial charge in [-0.05, 0) is 6.92 Å². The first-order valence-electron chi connectivity index (χ1n) is 5.79. The minimum absolute atomic E-state index is 0.300. The molecule has 0 radical (unpaired) electrons. The van der Waals surface area contributed by atoms with Crippen molar-refractivity contribution in [2.45, 2.75) is 26.3 Å². The molecule has 0 aromatic carbocycles. The molecule has 5 nitrogen and oxygen atoms in total. The normalized spacial score (nSPS) is 12.3. The fraction of sp³-hybridized carbons (Fsp3) is 0.417. The Hall–Kier alpha value is -1.69. The Bertz CT molecular complexity index is 507. The van der Waals surface area contributed by atoms with Crippen molar-refractivity contribution in [2.75, 3.05) is 6.61 Å². The first kappa shape index (κ1) is 12.8. The molecule has 18 heavy (non-hydrogen) atoms. The second-order valence-corrected chi connectivity index (χ2v) is 4.87. The molecule has 96 valence electrons. The number of hydrogen-bond donors (Lipinski definition) is 0. The summed E-state index contributed by atoms with van der Waals surface area (Å²) < 4.78 is 6.78. The van der Waals surface area contributed by atoms with Gasteiger partial charge in [-0.25, -0.2) is 14.8 Å². The number of hydrogen-bond acceptors (Lipinski definition) is 5. The molecular formula is C12H15N3O2S. The van der Waals surface area contributed by atoms with E-state index >= 15 is 0 Å². The van der Waals surface area contributed by atoms with E-state index in [-0.39, 0.29) is 5.97 Å². The van der Waals surface area contributed by atoms with Gasteiger partial charge in [0.2, 0.25) is 0 Å². The Morgan fingerprint density at radius 3 is 3.06 bits per heavy atom. The number of aromatic nitrogens is 3. The lowest BCUT2D eigenvalue weighted by molar-refractivity contribution is 0.0520. The highest BCUT2D eigenvalue weighted by molar-refractivity contribution is 7.09. The summed E-state index contributed by atoms with van der Waals surface area (Å²) in [7, 11) is 0. The summed E-state index contributed by atoms with van der Waals surface area (Å²) in [4.78, 5) is 19.8. The largest absolute Gasteiger partial charge is 0.461 e. The van der Waals surface area contributed by atoms with Crippen LogP contribution < -0.4 is 0 Å². The summed E-state index contributed by atoms with van der Waals surface area (Å²) in [6.07, 6.45) is 5.16. The highest BCUT2D eigenvalue weighted by Crippen LogP contribution is 2.19. The first-order valence-corrected chi connectivity index (χ1v) is 6.67. The van der Waals surface area contributed by atoms with E-state index in [1.54, 1.807) is 37.0 Å². The highest BCUT2D eigenvalue weighted by atomic mass is 32.1. The van der Waals surface area contributed by atoms with Crippen LogP contribution in [0.1, 0.15) is 35.3 Å². The lowest BCUT2D eigenvalue weighted by Crippen LogP contribution is -2.06. The third-order valence-electron chi connectivity index (χ3n) is 2.48. The van der Waals surface area contributed by atoms with Gasteiger partial charge in [-0.3, -0.25) is 0 Å². The zero-order valence-corrected chi connectivity index (χ0v) is 11.2. The van der Waals surface area contributed by atoms with Crippen molar-refractivity contribution < 1.29 is 9.53 Å². The predicted octanol–water partition coefficient (Wildman–Crippen LogP) is 2.32. The number of nitrogens with zero attached hydrogens (tertiary/aromatic N) is 3. The zero-order chi connectivity index (χ0) is 13.0. The van der Waals surface area contributed by atoms with Crippen molar-refractivity contribution in [3.05, 3.63) is 34.8 Å². The van der Waals surface area contributed by atoms with E-state index in [2.05, 4.69) is 16.9 Å². The molecule has 0 aliphatic carbocycles. The number of imidazole rings is 1. The third-order valence-corrected chi connectivity index (χ3v) is 3.48. The fourth-order valence-corrected chi connectivity index (χ4v) is 2.33. The maximum Gasteiger partial charge on any atom is 0.358 e. The highest BCUT2D eigenvalue weighted by Gasteiger charge is 2.13. The van der Waals surface area contributed by atoms with Crippen LogP contribution in [-0.4, -0.2) is 27.1 Å². The minimum Gasteiger partial charge on any atom is -0.461 e. The van der Waals surface area contributed by atoms with E-state index in [9.17, 15) is 4.79 Å². The molecule has 2 aromatic rings. The summed E-state index contributed by atoms with van der Waals surface area (Å²) in [5.41, 5.74) is 0.350. The summed E-state index contributed by atoms with van der Waals surface area (Å²) in [5, 5.41) is 3.05. The van der Waals surface area contributed by atoms with Crippen LogP contribution >= 0.6 is 11.3 Å². The number of esters is 1. The predicted molar refractivity (Wildman–Crippen MR) is 68.7 cm³/mol. The van der Waals surface area contributed by atoms with E-state index in [0.29, 0.717) is 18.2 Å².